The Morgan fingerprint density at radius 2 is 2.08 bits per heavy atom. The predicted octanol–water partition coefficient (Wildman–Crippen LogP) is 2.74. The van der Waals surface area contributed by atoms with Crippen molar-refractivity contribution in [1.82, 2.24) is 10.2 Å². The molecule has 1 N–H and O–H groups in total. The second kappa shape index (κ2) is 5.72. The number of rotatable bonds is 4. The number of imide groups is 1. The Morgan fingerprint density at radius 1 is 1.27 bits per heavy atom. The molecule has 3 fully saturated rings. The molecule has 4 amide bonds. The van der Waals surface area contributed by atoms with E-state index < -0.39 is 17.2 Å². The van der Waals surface area contributed by atoms with Gasteiger partial charge in [0, 0.05) is 6.54 Å². The van der Waals surface area contributed by atoms with Crippen molar-refractivity contribution in [2.45, 2.75) is 50.6 Å². The molecule has 0 spiro atoms. The van der Waals surface area contributed by atoms with Crippen LogP contribution in [-0.2, 0) is 15.1 Å². The van der Waals surface area contributed by atoms with E-state index in [4.69, 9.17) is 4.74 Å². The van der Waals surface area contributed by atoms with Gasteiger partial charge in [-0.2, -0.15) is 0 Å². The van der Waals surface area contributed by atoms with Crippen molar-refractivity contribution in [3.8, 4) is 0 Å². The predicted molar refractivity (Wildman–Crippen MR) is 94.7 cm³/mol. The molecular weight excluding hydrogens is 334 g/mol. The fourth-order valence-corrected chi connectivity index (χ4v) is 4.45. The van der Waals surface area contributed by atoms with Crippen molar-refractivity contribution >= 4 is 23.7 Å². The Labute approximate surface area is 152 Å². The molecule has 0 saturated carbocycles. The van der Waals surface area contributed by atoms with Crippen LogP contribution in [0.25, 0.3) is 0 Å². The molecule has 0 radical (unpaired) electrons. The first-order valence-electron chi connectivity index (χ1n) is 9.13. The lowest BCUT2D eigenvalue weighted by Crippen LogP contribution is -2.44. The number of fused-ring (bicyclic) bond motifs is 1. The van der Waals surface area contributed by atoms with E-state index in [9.17, 15) is 14.4 Å². The summed E-state index contributed by atoms with van der Waals surface area (Å²) in [4.78, 5) is 40.7. The molecule has 3 aliphatic rings. The highest BCUT2D eigenvalue weighted by atomic mass is 16.6. The van der Waals surface area contributed by atoms with E-state index >= 15 is 0 Å². The number of cyclic esters (lactones) is 1. The number of carbonyl (C=O) groups excluding carboxylic acids is 3. The molecule has 2 unspecified atom stereocenters. The molecule has 0 aromatic heterocycles. The van der Waals surface area contributed by atoms with Crippen LogP contribution in [0.2, 0.25) is 0 Å². The first-order valence-corrected chi connectivity index (χ1v) is 9.13. The summed E-state index contributed by atoms with van der Waals surface area (Å²) < 4.78 is 5.03. The molecule has 138 valence electrons. The third-order valence-corrected chi connectivity index (χ3v) is 5.79. The number of urea groups is 1. The van der Waals surface area contributed by atoms with Crippen LogP contribution in [-0.4, -0.2) is 41.6 Å². The standard InChI is InChI=1S/C19H23N3O4/c1-3-8-19-9-5-10-21(19)17(25)22(15(19)23)14-7-4-6-13(11-14)18(2)12-26-16(24)20-18/h4,6-7,11H,3,5,8-10,12H2,1-2H3,(H,20,24). The van der Waals surface area contributed by atoms with E-state index in [1.165, 1.54) is 4.90 Å². The maximum Gasteiger partial charge on any atom is 0.408 e. The normalized spacial score (nSPS) is 30.6. The monoisotopic (exact) mass is 357 g/mol. The molecule has 3 aliphatic heterocycles. The van der Waals surface area contributed by atoms with Crippen LogP contribution in [0.3, 0.4) is 0 Å². The molecule has 7 heteroatoms. The number of nitrogens with one attached hydrogen (secondary N) is 1. The molecule has 4 rings (SSSR count). The van der Waals surface area contributed by atoms with Crippen LogP contribution in [0.5, 0.6) is 0 Å². The van der Waals surface area contributed by atoms with Crippen LogP contribution < -0.4 is 10.2 Å². The summed E-state index contributed by atoms with van der Waals surface area (Å²) in [7, 11) is 0. The summed E-state index contributed by atoms with van der Waals surface area (Å²) >= 11 is 0. The zero-order chi connectivity index (χ0) is 18.5. The van der Waals surface area contributed by atoms with E-state index in [2.05, 4.69) is 5.32 Å². The molecule has 0 bridgehead atoms. The first kappa shape index (κ1) is 16.9. The number of benzene rings is 1. The highest BCUT2D eigenvalue weighted by Crippen LogP contribution is 2.43. The van der Waals surface area contributed by atoms with Gasteiger partial charge in [-0.25, -0.2) is 14.5 Å². The smallest absolute Gasteiger partial charge is 0.408 e. The van der Waals surface area contributed by atoms with E-state index in [-0.39, 0.29) is 18.5 Å². The van der Waals surface area contributed by atoms with Gasteiger partial charge in [-0.05, 0) is 43.9 Å². The van der Waals surface area contributed by atoms with Crippen molar-refractivity contribution in [2.24, 2.45) is 0 Å². The van der Waals surface area contributed by atoms with Gasteiger partial charge < -0.3 is 15.0 Å². The van der Waals surface area contributed by atoms with Gasteiger partial charge in [0.15, 0.2) is 0 Å². The van der Waals surface area contributed by atoms with E-state index in [1.54, 1.807) is 23.1 Å². The van der Waals surface area contributed by atoms with Crippen molar-refractivity contribution in [3.63, 3.8) is 0 Å². The van der Waals surface area contributed by atoms with Crippen molar-refractivity contribution < 1.29 is 19.1 Å². The highest BCUT2D eigenvalue weighted by molar-refractivity contribution is 6.23. The minimum atomic E-state index is -0.684. The molecule has 3 saturated heterocycles. The molecule has 26 heavy (non-hydrogen) atoms. The van der Waals surface area contributed by atoms with E-state index in [1.807, 2.05) is 19.9 Å². The Hall–Kier alpha value is -2.57. The van der Waals surface area contributed by atoms with Crippen LogP contribution in [0.1, 0.15) is 45.1 Å². The number of nitrogens with zero attached hydrogens (tertiary/aromatic N) is 2. The Bertz CT molecular complexity index is 795. The summed E-state index contributed by atoms with van der Waals surface area (Å²) in [6.45, 7) is 4.74. The summed E-state index contributed by atoms with van der Waals surface area (Å²) in [5.74, 6) is -0.129. The maximum atomic E-state index is 13.2. The molecule has 3 heterocycles. The van der Waals surface area contributed by atoms with E-state index in [0.717, 1.165) is 24.8 Å². The van der Waals surface area contributed by atoms with Gasteiger partial charge in [0.2, 0.25) is 0 Å². The third kappa shape index (κ3) is 2.22. The number of hydrogen-bond donors (Lipinski definition) is 1. The number of alkyl carbamates (subject to hydrolysis) is 1. The molecule has 2 atom stereocenters. The average molecular weight is 357 g/mol. The van der Waals surface area contributed by atoms with Gasteiger partial charge >= 0.3 is 12.1 Å². The van der Waals surface area contributed by atoms with Gasteiger partial charge in [0.25, 0.3) is 5.91 Å². The van der Waals surface area contributed by atoms with Gasteiger partial charge in [0.05, 0.1) is 11.2 Å². The highest BCUT2D eigenvalue weighted by Gasteiger charge is 2.59. The van der Waals surface area contributed by atoms with Gasteiger partial charge in [-0.3, -0.25) is 4.79 Å². The largest absolute Gasteiger partial charge is 0.447 e. The molecular formula is C19H23N3O4. The maximum absolute atomic E-state index is 13.2. The Morgan fingerprint density at radius 3 is 2.77 bits per heavy atom. The Balaban J connectivity index is 1.70. The average Bonchev–Trinajstić information content (AvgIpc) is 3.25. The molecule has 1 aromatic carbocycles. The van der Waals surface area contributed by atoms with Crippen molar-refractivity contribution in [3.05, 3.63) is 29.8 Å². The Kier molecular flexibility index (Phi) is 3.71. The van der Waals surface area contributed by atoms with Crippen LogP contribution in [0, 0.1) is 0 Å². The number of hydrogen-bond acceptors (Lipinski definition) is 4. The van der Waals surface area contributed by atoms with Crippen LogP contribution >= 0.6 is 0 Å². The quantitative estimate of drug-likeness (QED) is 0.841. The summed E-state index contributed by atoms with van der Waals surface area (Å²) in [5.41, 5.74) is -0.00475. The summed E-state index contributed by atoms with van der Waals surface area (Å²) in [5, 5.41) is 2.79. The zero-order valence-corrected chi connectivity index (χ0v) is 15.1. The second-order valence-corrected chi connectivity index (χ2v) is 7.54. The molecule has 7 nitrogen and oxygen atoms in total. The lowest BCUT2D eigenvalue weighted by molar-refractivity contribution is -0.124. The number of amides is 4. The summed E-state index contributed by atoms with van der Waals surface area (Å²) in [6, 6.07) is 6.99. The first-order chi connectivity index (χ1) is 12.4. The lowest BCUT2D eigenvalue weighted by atomic mass is 9.90. The number of anilines is 1. The van der Waals surface area contributed by atoms with Crippen LogP contribution in [0.15, 0.2) is 24.3 Å². The van der Waals surface area contributed by atoms with Gasteiger partial charge in [-0.1, -0.05) is 25.5 Å². The van der Waals surface area contributed by atoms with Crippen LogP contribution in [0.4, 0.5) is 15.3 Å². The van der Waals surface area contributed by atoms with Gasteiger partial charge in [0.1, 0.15) is 12.1 Å². The fourth-order valence-electron chi connectivity index (χ4n) is 4.45. The summed E-state index contributed by atoms with van der Waals surface area (Å²) in [6.07, 6.45) is 2.67. The number of ether oxygens (including phenoxy) is 1. The SMILES string of the molecule is CCCC12CCCN1C(=O)N(c1cccc(C3(C)COC(=O)N3)c1)C2=O. The van der Waals surface area contributed by atoms with Crippen molar-refractivity contribution in [2.75, 3.05) is 18.1 Å². The van der Waals surface area contributed by atoms with Gasteiger partial charge in [-0.15, -0.1) is 0 Å². The molecule has 0 aliphatic carbocycles. The fraction of sp³-hybridized carbons (Fsp3) is 0.526. The minimum Gasteiger partial charge on any atom is -0.447 e. The van der Waals surface area contributed by atoms with E-state index in [0.29, 0.717) is 18.7 Å². The third-order valence-electron chi connectivity index (χ3n) is 5.79. The minimum absolute atomic E-state index is 0.129. The lowest BCUT2D eigenvalue weighted by Gasteiger charge is -2.27. The second-order valence-electron chi connectivity index (χ2n) is 7.54. The topological polar surface area (TPSA) is 79.0 Å². The zero-order valence-electron chi connectivity index (χ0n) is 15.1. The molecule has 1 aromatic rings. The van der Waals surface area contributed by atoms with Crippen molar-refractivity contribution in [1.29, 1.82) is 0 Å². The number of carbonyl (C=O) groups is 3.